The molecule has 1 aromatic heterocycles. The average molecular weight is 257 g/mol. The smallest absolute Gasteiger partial charge is 0.211 e. The van der Waals surface area contributed by atoms with E-state index in [1.54, 1.807) is 12.3 Å². The normalized spacial score (nSPS) is 13.5. The zero-order valence-electron chi connectivity index (χ0n) is 9.96. The minimum atomic E-state index is -3.22. The molecule has 1 heterocycles. The van der Waals surface area contributed by atoms with Crippen LogP contribution in [0, 0.1) is 0 Å². The van der Waals surface area contributed by atoms with Crippen LogP contribution in [0.15, 0.2) is 24.4 Å². The van der Waals surface area contributed by atoms with Crippen molar-refractivity contribution in [2.45, 2.75) is 25.8 Å². The fourth-order valence-corrected chi connectivity index (χ4v) is 2.35. The summed E-state index contributed by atoms with van der Waals surface area (Å²) >= 11 is 0. The second-order valence-electron chi connectivity index (χ2n) is 4.05. The summed E-state index contributed by atoms with van der Waals surface area (Å²) < 4.78 is 25.7. The van der Waals surface area contributed by atoms with E-state index in [4.69, 9.17) is 5.73 Å². The number of aryl methyl sites for hydroxylation is 1. The highest BCUT2D eigenvalue weighted by Gasteiger charge is 2.10. The van der Waals surface area contributed by atoms with Gasteiger partial charge >= 0.3 is 0 Å². The Labute approximate surface area is 102 Å². The fraction of sp³-hybridized carbons (Fsp3) is 0.545. The van der Waals surface area contributed by atoms with Gasteiger partial charge in [-0.1, -0.05) is 6.07 Å². The van der Waals surface area contributed by atoms with Crippen molar-refractivity contribution in [1.82, 2.24) is 9.71 Å². The SMILES string of the molecule is CC(N)CCNS(=O)(=O)CCc1ccccn1. The van der Waals surface area contributed by atoms with Crippen LogP contribution in [-0.4, -0.2) is 31.7 Å². The minimum Gasteiger partial charge on any atom is -0.328 e. The maximum absolute atomic E-state index is 11.6. The summed E-state index contributed by atoms with van der Waals surface area (Å²) in [5.41, 5.74) is 6.32. The first-order chi connectivity index (χ1) is 7.99. The minimum absolute atomic E-state index is 0.00786. The molecular formula is C11H19N3O2S. The number of sulfonamides is 1. The summed E-state index contributed by atoms with van der Waals surface area (Å²) in [5, 5.41) is 0. The molecule has 1 atom stereocenters. The van der Waals surface area contributed by atoms with Gasteiger partial charge < -0.3 is 5.73 Å². The summed E-state index contributed by atoms with van der Waals surface area (Å²) in [5.74, 6) is 0.0585. The van der Waals surface area contributed by atoms with E-state index in [2.05, 4.69) is 9.71 Å². The summed E-state index contributed by atoms with van der Waals surface area (Å²) in [4.78, 5) is 4.08. The highest BCUT2D eigenvalue weighted by molar-refractivity contribution is 7.89. The molecule has 0 spiro atoms. The number of rotatable bonds is 7. The van der Waals surface area contributed by atoms with E-state index >= 15 is 0 Å². The van der Waals surface area contributed by atoms with Gasteiger partial charge in [0.1, 0.15) is 0 Å². The molecule has 3 N–H and O–H groups in total. The largest absolute Gasteiger partial charge is 0.328 e. The van der Waals surface area contributed by atoms with E-state index in [0.717, 1.165) is 5.69 Å². The van der Waals surface area contributed by atoms with Gasteiger partial charge in [-0.05, 0) is 25.5 Å². The lowest BCUT2D eigenvalue weighted by molar-refractivity contribution is 0.571. The van der Waals surface area contributed by atoms with Crippen molar-refractivity contribution in [3.63, 3.8) is 0 Å². The van der Waals surface area contributed by atoms with Gasteiger partial charge in [-0.15, -0.1) is 0 Å². The number of nitrogens with two attached hydrogens (primary N) is 1. The van der Waals surface area contributed by atoms with Gasteiger partial charge in [0.15, 0.2) is 0 Å². The Balaban J connectivity index is 2.35. The van der Waals surface area contributed by atoms with Crippen molar-refractivity contribution >= 4 is 10.0 Å². The van der Waals surface area contributed by atoms with Crippen LogP contribution >= 0.6 is 0 Å². The molecule has 0 bridgehead atoms. The zero-order valence-corrected chi connectivity index (χ0v) is 10.8. The molecule has 1 rings (SSSR count). The highest BCUT2D eigenvalue weighted by atomic mass is 32.2. The number of nitrogens with one attached hydrogen (secondary N) is 1. The summed E-state index contributed by atoms with van der Waals surface area (Å²) in [6.45, 7) is 2.24. The van der Waals surface area contributed by atoms with E-state index in [1.807, 2.05) is 19.1 Å². The monoisotopic (exact) mass is 257 g/mol. The Morgan fingerprint density at radius 2 is 2.24 bits per heavy atom. The highest BCUT2D eigenvalue weighted by Crippen LogP contribution is 1.97. The Morgan fingerprint density at radius 1 is 1.47 bits per heavy atom. The molecule has 0 radical (unpaired) electrons. The van der Waals surface area contributed by atoms with Crippen LogP contribution in [0.1, 0.15) is 19.0 Å². The van der Waals surface area contributed by atoms with Crippen molar-refractivity contribution in [2.75, 3.05) is 12.3 Å². The number of nitrogens with zero attached hydrogens (tertiary/aromatic N) is 1. The van der Waals surface area contributed by atoms with Crippen molar-refractivity contribution in [2.24, 2.45) is 5.73 Å². The van der Waals surface area contributed by atoms with Crippen LogP contribution in [0.4, 0.5) is 0 Å². The Morgan fingerprint density at radius 3 is 2.82 bits per heavy atom. The van der Waals surface area contributed by atoms with Crippen molar-refractivity contribution in [1.29, 1.82) is 0 Å². The number of hydrogen-bond acceptors (Lipinski definition) is 4. The first-order valence-electron chi connectivity index (χ1n) is 5.62. The maximum Gasteiger partial charge on any atom is 0.211 e. The molecule has 6 heteroatoms. The number of pyridine rings is 1. The number of hydrogen-bond donors (Lipinski definition) is 2. The second-order valence-corrected chi connectivity index (χ2v) is 5.98. The average Bonchev–Trinajstić information content (AvgIpc) is 2.27. The molecular weight excluding hydrogens is 238 g/mol. The van der Waals surface area contributed by atoms with Crippen LogP contribution in [0.3, 0.4) is 0 Å². The van der Waals surface area contributed by atoms with Crippen LogP contribution in [-0.2, 0) is 16.4 Å². The third kappa shape index (κ3) is 6.35. The first kappa shape index (κ1) is 14.1. The molecule has 0 aliphatic heterocycles. The van der Waals surface area contributed by atoms with Gasteiger partial charge in [0.05, 0.1) is 5.75 Å². The fourth-order valence-electron chi connectivity index (χ4n) is 1.30. The third-order valence-electron chi connectivity index (χ3n) is 2.27. The molecule has 0 saturated heterocycles. The van der Waals surface area contributed by atoms with Gasteiger partial charge in [-0.25, -0.2) is 13.1 Å². The lowest BCUT2D eigenvalue weighted by Gasteiger charge is -2.08. The van der Waals surface area contributed by atoms with Crippen molar-refractivity contribution < 1.29 is 8.42 Å². The quantitative estimate of drug-likeness (QED) is 0.735. The molecule has 0 aliphatic carbocycles. The second kappa shape index (κ2) is 6.68. The standard InChI is InChI=1S/C11H19N3O2S/c1-10(12)5-8-14-17(15,16)9-6-11-4-2-3-7-13-11/h2-4,7,10,14H,5-6,8-9,12H2,1H3. The molecule has 0 amide bonds. The summed E-state index contributed by atoms with van der Waals surface area (Å²) in [6, 6.07) is 5.47. The van der Waals surface area contributed by atoms with Crippen molar-refractivity contribution in [3.8, 4) is 0 Å². The molecule has 0 aliphatic rings. The van der Waals surface area contributed by atoms with E-state index in [-0.39, 0.29) is 11.8 Å². The van der Waals surface area contributed by atoms with E-state index in [0.29, 0.717) is 19.4 Å². The van der Waals surface area contributed by atoms with Crippen LogP contribution in [0.5, 0.6) is 0 Å². The van der Waals surface area contributed by atoms with Crippen LogP contribution < -0.4 is 10.5 Å². The van der Waals surface area contributed by atoms with Gasteiger partial charge in [-0.3, -0.25) is 4.98 Å². The molecule has 17 heavy (non-hydrogen) atoms. The molecule has 0 fully saturated rings. The first-order valence-corrected chi connectivity index (χ1v) is 7.27. The lowest BCUT2D eigenvalue weighted by atomic mass is 10.3. The van der Waals surface area contributed by atoms with Gasteiger partial charge in [0.2, 0.25) is 10.0 Å². The van der Waals surface area contributed by atoms with Gasteiger partial charge in [0, 0.05) is 30.9 Å². The van der Waals surface area contributed by atoms with Crippen LogP contribution in [0.25, 0.3) is 0 Å². The molecule has 5 nitrogen and oxygen atoms in total. The predicted octanol–water partition coefficient (Wildman–Crippen LogP) is 0.281. The van der Waals surface area contributed by atoms with Gasteiger partial charge in [-0.2, -0.15) is 0 Å². The molecule has 0 saturated carbocycles. The van der Waals surface area contributed by atoms with E-state index < -0.39 is 10.0 Å². The Kier molecular flexibility index (Phi) is 5.54. The van der Waals surface area contributed by atoms with E-state index in [9.17, 15) is 8.42 Å². The Hall–Kier alpha value is -0.980. The molecule has 1 unspecified atom stereocenters. The summed E-state index contributed by atoms with van der Waals surface area (Å²) in [7, 11) is -3.22. The maximum atomic E-state index is 11.6. The third-order valence-corrected chi connectivity index (χ3v) is 3.66. The molecule has 0 aromatic carbocycles. The predicted molar refractivity (Wildman–Crippen MR) is 68.0 cm³/mol. The zero-order chi connectivity index (χ0) is 12.7. The molecule has 96 valence electrons. The summed E-state index contributed by atoms with van der Waals surface area (Å²) in [6.07, 6.45) is 2.72. The topological polar surface area (TPSA) is 85.1 Å². The van der Waals surface area contributed by atoms with Gasteiger partial charge in [0.25, 0.3) is 0 Å². The molecule has 1 aromatic rings. The lowest BCUT2D eigenvalue weighted by Crippen LogP contribution is -2.31. The van der Waals surface area contributed by atoms with Crippen molar-refractivity contribution in [3.05, 3.63) is 30.1 Å². The Bertz CT molecular complexity index is 418. The van der Waals surface area contributed by atoms with Crippen LogP contribution in [0.2, 0.25) is 0 Å². The number of aromatic nitrogens is 1. The van der Waals surface area contributed by atoms with E-state index in [1.165, 1.54) is 0 Å².